The van der Waals surface area contributed by atoms with Gasteiger partial charge >= 0.3 is 0 Å². The molecule has 2 atom stereocenters. The van der Waals surface area contributed by atoms with Crippen molar-refractivity contribution < 1.29 is 5.11 Å². The predicted octanol–water partition coefficient (Wildman–Crippen LogP) is 4.62. The summed E-state index contributed by atoms with van der Waals surface area (Å²) in [5.41, 5.74) is 2.38. The van der Waals surface area contributed by atoms with E-state index in [0.29, 0.717) is 5.92 Å². The van der Waals surface area contributed by atoms with Gasteiger partial charge in [-0.3, -0.25) is 0 Å². The van der Waals surface area contributed by atoms with Crippen LogP contribution in [0.25, 0.3) is 0 Å². The van der Waals surface area contributed by atoms with Crippen LogP contribution in [0.15, 0.2) is 60.7 Å². The number of hydrogen-bond acceptors (Lipinski definition) is 1. The highest BCUT2D eigenvalue weighted by atomic mass is 16.3. The van der Waals surface area contributed by atoms with Crippen LogP contribution >= 0.6 is 0 Å². The largest absolute Gasteiger partial charge is 0.392 e. The van der Waals surface area contributed by atoms with E-state index in [-0.39, 0.29) is 12.0 Å². The topological polar surface area (TPSA) is 20.2 Å². The fourth-order valence-corrected chi connectivity index (χ4v) is 2.67. The SMILES string of the molecule is CCC(C)CC(O)C(c1ccccc1)c1ccccc1. The van der Waals surface area contributed by atoms with Gasteiger partial charge in [0.15, 0.2) is 0 Å². The van der Waals surface area contributed by atoms with Crippen molar-refractivity contribution in [2.45, 2.75) is 38.7 Å². The molecule has 2 rings (SSSR count). The molecule has 0 radical (unpaired) electrons. The standard InChI is InChI=1S/C19H24O/c1-3-15(2)14-18(20)19(16-10-6-4-7-11-16)17-12-8-5-9-13-17/h4-13,15,18-20H,3,14H2,1-2H3. The Hall–Kier alpha value is -1.60. The molecule has 0 aliphatic heterocycles. The second-order valence-corrected chi connectivity index (χ2v) is 5.62. The lowest BCUT2D eigenvalue weighted by atomic mass is 9.83. The van der Waals surface area contributed by atoms with Gasteiger partial charge in [0.05, 0.1) is 6.10 Å². The number of rotatable bonds is 6. The second kappa shape index (κ2) is 7.25. The molecule has 1 nitrogen and oxygen atoms in total. The maximum absolute atomic E-state index is 10.7. The first-order valence-corrected chi connectivity index (χ1v) is 7.50. The van der Waals surface area contributed by atoms with E-state index in [1.165, 1.54) is 11.1 Å². The zero-order chi connectivity index (χ0) is 14.4. The molecule has 0 saturated carbocycles. The van der Waals surface area contributed by atoms with Gasteiger partial charge in [0.25, 0.3) is 0 Å². The lowest BCUT2D eigenvalue weighted by molar-refractivity contribution is 0.128. The molecule has 20 heavy (non-hydrogen) atoms. The Labute approximate surface area is 122 Å². The van der Waals surface area contributed by atoms with Crippen molar-refractivity contribution >= 4 is 0 Å². The molecule has 0 aliphatic carbocycles. The molecule has 0 aromatic heterocycles. The summed E-state index contributed by atoms with van der Waals surface area (Å²) in [6, 6.07) is 20.6. The van der Waals surface area contributed by atoms with Crippen molar-refractivity contribution in [2.75, 3.05) is 0 Å². The van der Waals surface area contributed by atoms with E-state index in [1.807, 2.05) is 36.4 Å². The Morgan fingerprint density at radius 3 is 1.70 bits per heavy atom. The third-order valence-electron chi connectivity index (χ3n) is 4.04. The zero-order valence-electron chi connectivity index (χ0n) is 12.4. The van der Waals surface area contributed by atoms with Crippen LogP contribution < -0.4 is 0 Å². The van der Waals surface area contributed by atoms with Crippen LogP contribution in [0.5, 0.6) is 0 Å². The summed E-state index contributed by atoms with van der Waals surface area (Å²) in [7, 11) is 0. The lowest BCUT2D eigenvalue weighted by Gasteiger charge is -2.26. The van der Waals surface area contributed by atoms with Crippen molar-refractivity contribution in [1.82, 2.24) is 0 Å². The first kappa shape index (κ1) is 14.8. The molecule has 0 bridgehead atoms. The van der Waals surface area contributed by atoms with Crippen molar-refractivity contribution in [2.24, 2.45) is 5.92 Å². The van der Waals surface area contributed by atoms with Crippen LogP contribution in [0.2, 0.25) is 0 Å². The van der Waals surface area contributed by atoms with Gasteiger partial charge in [0.2, 0.25) is 0 Å². The minimum atomic E-state index is -0.338. The van der Waals surface area contributed by atoms with Crippen molar-refractivity contribution in [3.05, 3.63) is 71.8 Å². The molecule has 0 aliphatic rings. The minimum Gasteiger partial charge on any atom is -0.392 e. The molecule has 0 fully saturated rings. The van der Waals surface area contributed by atoms with E-state index in [9.17, 15) is 5.11 Å². The van der Waals surface area contributed by atoms with Gasteiger partial charge in [-0.25, -0.2) is 0 Å². The van der Waals surface area contributed by atoms with Gasteiger partial charge < -0.3 is 5.11 Å². The summed E-state index contributed by atoms with van der Waals surface area (Å²) in [4.78, 5) is 0. The highest BCUT2D eigenvalue weighted by Gasteiger charge is 2.24. The second-order valence-electron chi connectivity index (χ2n) is 5.62. The smallest absolute Gasteiger partial charge is 0.0651 e. The Kier molecular flexibility index (Phi) is 5.37. The predicted molar refractivity (Wildman–Crippen MR) is 84.8 cm³/mol. The van der Waals surface area contributed by atoms with Crippen LogP contribution in [-0.4, -0.2) is 11.2 Å². The molecule has 1 heteroatoms. The molecule has 0 heterocycles. The van der Waals surface area contributed by atoms with Crippen LogP contribution in [0.1, 0.15) is 43.7 Å². The van der Waals surface area contributed by atoms with Crippen molar-refractivity contribution in [3.63, 3.8) is 0 Å². The molecule has 2 unspecified atom stereocenters. The molecular weight excluding hydrogens is 244 g/mol. The monoisotopic (exact) mass is 268 g/mol. The molecule has 0 spiro atoms. The number of hydrogen-bond donors (Lipinski definition) is 1. The number of benzene rings is 2. The summed E-state index contributed by atoms with van der Waals surface area (Å²) in [5.74, 6) is 0.603. The third kappa shape index (κ3) is 3.71. The van der Waals surface area contributed by atoms with Crippen LogP contribution in [0, 0.1) is 5.92 Å². The number of aliphatic hydroxyl groups excluding tert-OH is 1. The van der Waals surface area contributed by atoms with Gasteiger partial charge in [-0.2, -0.15) is 0 Å². The zero-order valence-corrected chi connectivity index (χ0v) is 12.4. The van der Waals surface area contributed by atoms with Crippen molar-refractivity contribution in [3.8, 4) is 0 Å². The Balaban J connectivity index is 2.30. The average molecular weight is 268 g/mol. The van der Waals surface area contributed by atoms with E-state index in [1.54, 1.807) is 0 Å². The summed E-state index contributed by atoms with van der Waals surface area (Å²) >= 11 is 0. The molecule has 2 aromatic rings. The fraction of sp³-hybridized carbons (Fsp3) is 0.368. The Bertz CT molecular complexity index is 452. The Morgan fingerprint density at radius 2 is 1.30 bits per heavy atom. The normalized spacial score (nSPS) is 14.2. The van der Waals surface area contributed by atoms with Gasteiger partial charge in [-0.05, 0) is 23.5 Å². The summed E-state index contributed by atoms with van der Waals surface area (Å²) in [5, 5.41) is 10.7. The minimum absolute atomic E-state index is 0.0615. The first-order chi connectivity index (χ1) is 9.72. The van der Waals surface area contributed by atoms with Crippen LogP contribution in [-0.2, 0) is 0 Å². The Morgan fingerprint density at radius 1 is 0.850 bits per heavy atom. The number of aliphatic hydroxyl groups is 1. The highest BCUT2D eigenvalue weighted by Crippen LogP contribution is 2.31. The first-order valence-electron chi connectivity index (χ1n) is 7.50. The molecule has 0 amide bonds. The fourth-order valence-electron chi connectivity index (χ4n) is 2.67. The molecular formula is C19H24O. The van der Waals surface area contributed by atoms with Gasteiger partial charge in [0.1, 0.15) is 0 Å². The van der Waals surface area contributed by atoms with Crippen molar-refractivity contribution in [1.29, 1.82) is 0 Å². The lowest BCUT2D eigenvalue weighted by Crippen LogP contribution is -2.22. The summed E-state index contributed by atoms with van der Waals surface area (Å²) < 4.78 is 0. The van der Waals surface area contributed by atoms with Gasteiger partial charge in [-0.15, -0.1) is 0 Å². The van der Waals surface area contributed by atoms with E-state index < -0.39 is 0 Å². The van der Waals surface area contributed by atoms with E-state index >= 15 is 0 Å². The summed E-state index contributed by atoms with van der Waals surface area (Å²) in [6.07, 6.45) is 1.60. The van der Waals surface area contributed by atoms with Crippen LogP contribution in [0.4, 0.5) is 0 Å². The van der Waals surface area contributed by atoms with E-state index in [4.69, 9.17) is 0 Å². The molecule has 2 aromatic carbocycles. The third-order valence-corrected chi connectivity index (χ3v) is 4.04. The average Bonchev–Trinajstić information content (AvgIpc) is 2.49. The van der Waals surface area contributed by atoms with E-state index in [0.717, 1.165) is 12.8 Å². The van der Waals surface area contributed by atoms with Crippen LogP contribution in [0.3, 0.4) is 0 Å². The highest BCUT2D eigenvalue weighted by molar-refractivity contribution is 5.33. The molecule has 0 saturated heterocycles. The van der Waals surface area contributed by atoms with E-state index in [2.05, 4.69) is 38.1 Å². The van der Waals surface area contributed by atoms with Gasteiger partial charge in [0, 0.05) is 5.92 Å². The summed E-state index contributed by atoms with van der Waals surface area (Å²) in [6.45, 7) is 4.38. The maximum atomic E-state index is 10.7. The maximum Gasteiger partial charge on any atom is 0.0651 e. The quantitative estimate of drug-likeness (QED) is 0.810. The van der Waals surface area contributed by atoms with Gasteiger partial charge in [-0.1, -0.05) is 80.9 Å². The molecule has 1 N–H and O–H groups in total. The molecule has 106 valence electrons.